The fraction of sp³-hybridized carbons (Fsp3) is 0.200. The van der Waals surface area contributed by atoms with Crippen molar-refractivity contribution in [2.45, 2.75) is 32.5 Å². The van der Waals surface area contributed by atoms with E-state index in [0.29, 0.717) is 27.0 Å². The van der Waals surface area contributed by atoms with Crippen molar-refractivity contribution in [3.63, 3.8) is 0 Å². The Bertz CT molecular complexity index is 1580. The molecule has 0 bridgehead atoms. The quantitative estimate of drug-likeness (QED) is 0.185. The Morgan fingerprint density at radius 3 is 2.71 bits per heavy atom. The monoisotopic (exact) mass is 538 g/mol. The number of rotatable bonds is 7. The lowest BCUT2D eigenvalue weighted by molar-refractivity contribution is -0.113. The standard InChI is InChI=1S/C25H22N4O2S4/c1-4-29-23(31)21-17(19-6-5-9-32-19)11-33-22(21)28-25(29)35-13-20(30)27-24-26-18(12-34-24)16-10-14(2)7-8-15(16)3/h5-12H,4,13H2,1-3H3,(H,26,27,30). The third-order valence-electron chi connectivity index (χ3n) is 5.51. The van der Waals surface area contributed by atoms with E-state index in [2.05, 4.69) is 42.3 Å². The van der Waals surface area contributed by atoms with Gasteiger partial charge in [0, 0.05) is 33.3 Å². The van der Waals surface area contributed by atoms with Gasteiger partial charge in [-0.25, -0.2) is 9.97 Å². The van der Waals surface area contributed by atoms with Crippen LogP contribution in [0.25, 0.3) is 31.9 Å². The maximum absolute atomic E-state index is 13.3. The number of carbonyl (C=O) groups excluding carboxylic acids is 1. The van der Waals surface area contributed by atoms with Crippen LogP contribution in [-0.4, -0.2) is 26.2 Å². The van der Waals surface area contributed by atoms with Crippen LogP contribution in [0.5, 0.6) is 0 Å². The molecule has 10 heteroatoms. The number of thiophene rings is 2. The number of aromatic nitrogens is 3. The van der Waals surface area contributed by atoms with E-state index in [1.807, 2.05) is 35.2 Å². The first kappa shape index (κ1) is 23.9. The fourth-order valence-corrected chi connectivity index (χ4v) is 7.15. The number of hydrogen-bond donors (Lipinski definition) is 1. The summed E-state index contributed by atoms with van der Waals surface area (Å²) >= 11 is 5.74. The number of nitrogens with one attached hydrogen (secondary N) is 1. The molecule has 0 atom stereocenters. The molecule has 178 valence electrons. The van der Waals surface area contributed by atoms with Crippen LogP contribution in [0.1, 0.15) is 18.1 Å². The topological polar surface area (TPSA) is 76.9 Å². The minimum atomic E-state index is -0.181. The number of thioether (sulfide) groups is 1. The summed E-state index contributed by atoms with van der Waals surface area (Å²) in [5, 5.41) is 10.6. The number of amides is 1. The van der Waals surface area contributed by atoms with Crippen LogP contribution < -0.4 is 10.9 Å². The van der Waals surface area contributed by atoms with Gasteiger partial charge in [0.2, 0.25) is 5.91 Å². The first-order chi connectivity index (χ1) is 16.9. The molecule has 0 fully saturated rings. The van der Waals surface area contributed by atoms with Gasteiger partial charge in [-0.15, -0.1) is 34.0 Å². The van der Waals surface area contributed by atoms with E-state index in [9.17, 15) is 9.59 Å². The van der Waals surface area contributed by atoms with Crippen LogP contribution in [0.4, 0.5) is 5.13 Å². The first-order valence-corrected chi connectivity index (χ1v) is 14.6. The molecule has 4 aromatic heterocycles. The third-order valence-corrected chi connectivity index (χ3v) is 9.02. The number of carbonyl (C=O) groups is 1. The Balaban J connectivity index is 1.32. The molecule has 0 unspecified atom stereocenters. The Morgan fingerprint density at radius 2 is 1.94 bits per heavy atom. The van der Waals surface area contributed by atoms with Crippen molar-refractivity contribution in [3.8, 4) is 21.7 Å². The molecule has 5 aromatic rings. The van der Waals surface area contributed by atoms with Gasteiger partial charge >= 0.3 is 0 Å². The largest absolute Gasteiger partial charge is 0.301 e. The van der Waals surface area contributed by atoms with Gasteiger partial charge in [0.25, 0.3) is 5.56 Å². The second kappa shape index (κ2) is 10.1. The van der Waals surface area contributed by atoms with Crippen molar-refractivity contribution >= 4 is 67.0 Å². The zero-order chi connectivity index (χ0) is 24.5. The van der Waals surface area contributed by atoms with E-state index in [1.165, 1.54) is 40.0 Å². The molecular formula is C25H22N4O2S4. The molecule has 0 saturated carbocycles. The van der Waals surface area contributed by atoms with E-state index in [4.69, 9.17) is 4.98 Å². The van der Waals surface area contributed by atoms with Gasteiger partial charge in [-0.1, -0.05) is 35.5 Å². The van der Waals surface area contributed by atoms with Crippen LogP contribution in [0.2, 0.25) is 0 Å². The third kappa shape index (κ3) is 4.84. The number of nitrogens with zero attached hydrogens (tertiary/aromatic N) is 3. The summed E-state index contributed by atoms with van der Waals surface area (Å²) in [6.45, 7) is 6.50. The summed E-state index contributed by atoms with van der Waals surface area (Å²) in [7, 11) is 0. The lowest BCUT2D eigenvalue weighted by Gasteiger charge is -2.10. The molecule has 0 aliphatic rings. The zero-order valence-electron chi connectivity index (χ0n) is 19.3. The zero-order valence-corrected chi connectivity index (χ0v) is 22.6. The number of anilines is 1. The second-order valence-electron chi connectivity index (χ2n) is 7.94. The number of thiazole rings is 1. The number of benzene rings is 1. The van der Waals surface area contributed by atoms with E-state index in [-0.39, 0.29) is 17.2 Å². The van der Waals surface area contributed by atoms with E-state index < -0.39 is 0 Å². The Morgan fingerprint density at radius 1 is 1.09 bits per heavy atom. The maximum Gasteiger partial charge on any atom is 0.263 e. The lowest BCUT2D eigenvalue weighted by atomic mass is 10.0. The SMILES string of the molecule is CCn1c(SCC(=O)Nc2nc(-c3cc(C)ccc3C)cs2)nc2scc(-c3cccs3)c2c1=O. The van der Waals surface area contributed by atoms with Gasteiger partial charge in [0.1, 0.15) is 4.83 Å². The molecular weight excluding hydrogens is 517 g/mol. The highest BCUT2D eigenvalue weighted by Gasteiger charge is 2.18. The average molecular weight is 539 g/mol. The van der Waals surface area contributed by atoms with Crippen LogP contribution in [0.3, 0.4) is 0 Å². The van der Waals surface area contributed by atoms with Crippen molar-refractivity contribution in [2.24, 2.45) is 0 Å². The van der Waals surface area contributed by atoms with Gasteiger partial charge in [-0.2, -0.15) is 0 Å². The van der Waals surface area contributed by atoms with Crippen molar-refractivity contribution in [2.75, 3.05) is 11.1 Å². The molecule has 6 nitrogen and oxygen atoms in total. The van der Waals surface area contributed by atoms with Gasteiger partial charge in [-0.3, -0.25) is 14.2 Å². The summed E-state index contributed by atoms with van der Waals surface area (Å²) in [6, 6.07) is 10.2. The number of fused-ring (bicyclic) bond motifs is 1. The molecule has 1 aromatic carbocycles. The van der Waals surface area contributed by atoms with Crippen LogP contribution in [-0.2, 0) is 11.3 Å². The van der Waals surface area contributed by atoms with Crippen molar-refractivity contribution < 1.29 is 4.79 Å². The summed E-state index contributed by atoms with van der Waals surface area (Å²) in [5.41, 5.74) is 5.09. The minimum Gasteiger partial charge on any atom is -0.301 e. The first-order valence-electron chi connectivity index (χ1n) is 11.0. The predicted octanol–water partition coefficient (Wildman–Crippen LogP) is 6.68. The van der Waals surface area contributed by atoms with Crippen LogP contribution in [0, 0.1) is 13.8 Å². The van der Waals surface area contributed by atoms with Crippen LogP contribution in [0.15, 0.2) is 56.4 Å². The molecule has 0 radical (unpaired) electrons. The molecule has 5 rings (SSSR count). The molecule has 35 heavy (non-hydrogen) atoms. The molecule has 0 aliphatic heterocycles. The summed E-state index contributed by atoms with van der Waals surface area (Å²) in [5.74, 6) is -0.0428. The molecule has 0 aliphatic carbocycles. The summed E-state index contributed by atoms with van der Waals surface area (Å²) in [4.78, 5) is 37.1. The Kier molecular flexibility index (Phi) is 6.88. The molecule has 0 spiro atoms. The molecule has 1 amide bonds. The van der Waals surface area contributed by atoms with Crippen molar-refractivity contribution in [1.82, 2.24) is 14.5 Å². The van der Waals surface area contributed by atoms with E-state index in [1.54, 1.807) is 15.9 Å². The Labute approximate surface area is 218 Å². The van der Waals surface area contributed by atoms with Crippen molar-refractivity contribution in [3.05, 3.63) is 68.0 Å². The number of aryl methyl sites for hydroxylation is 2. The maximum atomic E-state index is 13.3. The van der Waals surface area contributed by atoms with Gasteiger partial charge in [-0.05, 0) is 43.8 Å². The molecule has 1 N–H and O–H groups in total. The summed E-state index contributed by atoms with van der Waals surface area (Å²) < 4.78 is 1.64. The summed E-state index contributed by atoms with van der Waals surface area (Å²) in [6.07, 6.45) is 0. The van der Waals surface area contributed by atoms with Crippen LogP contribution >= 0.6 is 45.8 Å². The highest BCUT2D eigenvalue weighted by molar-refractivity contribution is 7.99. The van der Waals surface area contributed by atoms with E-state index in [0.717, 1.165) is 27.3 Å². The van der Waals surface area contributed by atoms with E-state index >= 15 is 0 Å². The van der Waals surface area contributed by atoms with Gasteiger partial charge < -0.3 is 5.32 Å². The predicted molar refractivity (Wildman–Crippen MR) is 149 cm³/mol. The fourth-order valence-electron chi connectivity index (χ4n) is 3.76. The van der Waals surface area contributed by atoms with Gasteiger partial charge in [0.15, 0.2) is 10.3 Å². The highest BCUT2D eigenvalue weighted by Crippen LogP contribution is 2.34. The second-order valence-corrected chi connectivity index (χ2v) is 11.6. The molecule has 4 heterocycles. The van der Waals surface area contributed by atoms with Gasteiger partial charge in [0.05, 0.1) is 16.8 Å². The average Bonchev–Trinajstić information content (AvgIpc) is 3.60. The number of hydrogen-bond acceptors (Lipinski definition) is 8. The minimum absolute atomic E-state index is 0.0665. The lowest BCUT2D eigenvalue weighted by Crippen LogP contribution is -2.23. The van der Waals surface area contributed by atoms with Crippen molar-refractivity contribution in [1.29, 1.82) is 0 Å². The Hall–Kier alpha value is -2.79. The highest BCUT2D eigenvalue weighted by atomic mass is 32.2. The smallest absolute Gasteiger partial charge is 0.263 e. The molecule has 0 saturated heterocycles. The normalized spacial score (nSPS) is 11.3.